The molecular weight excluding hydrogens is 256 g/mol. The van der Waals surface area contributed by atoms with Gasteiger partial charge in [-0.2, -0.15) is 0 Å². The van der Waals surface area contributed by atoms with Crippen LogP contribution in [0.4, 0.5) is 0 Å². The minimum Gasteiger partial charge on any atom is -0.345 e. The molecule has 0 radical (unpaired) electrons. The average molecular weight is 280 g/mol. The van der Waals surface area contributed by atoms with Crippen molar-refractivity contribution in [2.75, 3.05) is 6.54 Å². The summed E-state index contributed by atoms with van der Waals surface area (Å²) in [5.41, 5.74) is 6.71. The van der Waals surface area contributed by atoms with Gasteiger partial charge in [0.1, 0.15) is 0 Å². The van der Waals surface area contributed by atoms with E-state index in [-0.39, 0.29) is 11.4 Å². The molecule has 3 nitrogen and oxygen atoms in total. The number of aryl methyl sites for hydroxylation is 2. The summed E-state index contributed by atoms with van der Waals surface area (Å²) in [5.74, 6) is 0.0206. The standard InChI is InChI=1S/C15H24N2OS/c1-15(2,10-16)17-14(18)13-9-11-7-5-3-4-6-8-12(11)19-13/h9H,3-8,10,16H2,1-2H3,(H,17,18). The van der Waals surface area contributed by atoms with Crippen LogP contribution in [0.2, 0.25) is 0 Å². The number of nitrogens with two attached hydrogens (primary N) is 1. The van der Waals surface area contributed by atoms with E-state index in [0.29, 0.717) is 6.54 Å². The third-order valence-corrected chi connectivity index (χ3v) is 4.92. The highest BCUT2D eigenvalue weighted by Gasteiger charge is 2.22. The van der Waals surface area contributed by atoms with E-state index in [4.69, 9.17) is 5.73 Å². The minimum atomic E-state index is -0.338. The fourth-order valence-electron chi connectivity index (χ4n) is 2.38. The van der Waals surface area contributed by atoms with E-state index in [0.717, 1.165) is 17.7 Å². The molecule has 2 rings (SSSR count). The number of amides is 1. The van der Waals surface area contributed by atoms with Gasteiger partial charge < -0.3 is 11.1 Å². The molecule has 1 aromatic rings. The van der Waals surface area contributed by atoms with Crippen LogP contribution >= 0.6 is 11.3 Å². The van der Waals surface area contributed by atoms with Gasteiger partial charge in [-0.15, -0.1) is 11.3 Å². The Balaban J connectivity index is 2.12. The van der Waals surface area contributed by atoms with E-state index in [2.05, 4.69) is 11.4 Å². The minimum absolute atomic E-state index is 0.0206. The number of fused-ring (bicyclic) bond motifs is 1. The molecule has 1 heterocycles. The molecule has 19 heavy (non-hydrogen) atoms. The average Bonchev–Trinajstić information content (AvgIpc) is 2.71. The van der Waals surface area contributed by atoms with Crippen LogP contribution in [0.25, 0.3) is 0 Å². The van der Waals surface area contributed by atoms with Crippen LogP contribution in [0.3, 0.4) is 0 Å². The Morgan fingerprint density at radius 1 is 1.32 bits per heavy atom. The maximum atomic E-state index is 12.3. The number of hydrogen-bond donors (Lipinski definition) is 2. The van der Waals surface area contributed by atoms with Gasteiger partial charge in [0.05, 0.1) is 4.88 Å². The Morgan fingerprint density at radius 3 is 2.68 bits per heavy atom. The fraction of sp³-hybridized carbons (Fsp3) is 0.667. The fourth-order valence-corrected chi connectivity index (χ4v) is 3.52. The van der Waals surface area contributed by atoms with Crippen molar-refractivity contribution in [1.29, 1.82) is 0 Å². The van der Waals surface area contributed by atoms with Crippen LogP contribution < -0.4 is 11.1 Å². The van der Waals surface area contributed by atoms with Crippen molar-refractivity contribution in [3.8, 4) is 0 Å². The Kier molecular flexibility index (Phi) is 4.63. The molecule has 0 aromatic carbocycles. The van der Waals surface area contributed by atoms with E-state index >= 15 is 0 Å². The van der Waals surface area contributed by atoms with Gasteiger partial charge in [0.25, 0.3) is 5.91 Å². The second-order valence-electron chi connectivity index (χ2n) is 6.02. The van der Waals surface area contributed by atoms with E-state index in [1.807, 2.05) is 13.8 Å². The Bertz CT molecular complexity index is 425. The second kappa shape index (κ2) is 6.06. The first-order chi connectivity index (χ1) is 9.02. The molecule has 0 saturated carbocycles. The van der Waals surface area contributed by atoms with Gasteiger partial charge in [-0.3, -0.25) is 4.79 Å². The molecule has 106 valence electrons. The Morgan fingerprint density at radius 2 is 2.00 bits per heavy atom. The zero-order chi connectivity index (χ0) is 13.9. The van der Waals surface area contributed by atoms with Gasteiger partial charge in [-0.05, 0) is 51.2 Å². The lowest BCUT2D eigenvalue weighted by atomic mass is 9.99. The van der Waals surface area contributed by atoms with Gasteiger partial charge in [0.2, 0.25) is 0 Å². The highest BCUT2D eigenvalue weighted by atomic mass is 32.1. The van der Waals surface area contributed by atoms with Crippen molar-refractivity contribution >= 4 is 17.2 Å². The SMILES string of the molecule is CC(C)(CN)NC(=O)c1cc2c(s1)CCCCCC2. The van der Waals surface area contributed by atoms with Crippen LogP contribution in [0.1, 0.15) is 59.6 Å². The smallest absolute Gasteiger partial charge is 0.261 e. The Hall–Kier alpha value is -0.870. The summed E-state index contributed by atoms with van der Waals surface area (Å²) in [7, 11) is 0. The first kappa shape index (κ1) is 14.5. The predicted molar refractivity (Wildman–Crippen MR) is 80.8 cm³/mol. The molecule has 1 aliphatic rings. The maximum absolute atomic E-state index is 12.3. The normalized spacial score (nSPS) is 16.4. The number of nitrogens with one attached hydrogen (secondary N) is 1. The van der Waals surface area contributed by atoms with E-state index in [9.17, 15) is 4.79 Å². The summed E-state index contributed by atoms with van der Waals surface area (Å²) in [5, 5.41) is 3.01. The third kappa shape index (κ3) is 3.80. The molecular formula is C15H24N2OS. The van der Waals surface area contributed by atoms with Crippen molar-refractivity contribution in [3.05, 3.63) is 21.4 Å². The summed E-state index contributed by atoms with van der Waals surface area (Å²) >= 11 is 1.66. The third-order valence-electron chi connectivity index (χ3n) is 3.68. The zero-order valence-corrected chi connectivity index (χ0v) is 12.7. The monoisotopic (exact) mass is 280 g/mol. The molecule has 0 saturated heterocycles. The molecule has 0 fully saturated rings. The van der Waals surface area contributed by atoms with E-state index in [1.54, 1.807) is 11.3 Å². The molecule has 1 aliphatic carbocycles. The maximum Gasteiger partial charge on any atom is 0.261 e. The molecule has 1 aromatic heterocycles. The van der Waals surface area contributed by atoms with Crippen molar-refractivity contribution < 1.29 is 4.79 Å². The highest BCUT2D eigenvalue weighted by Crippen LogP contribution is 2.28. The van der Waals surface area contributed by atoms with Crippen LogP contribution in [0, 0.1) is 0 Å². The molecule has 0 bridgehead atoms. The number of rotatable bonds is 3. The van der Waals surface area contributed by atoms with E-state index < -0.39 is 0 Å². The topological polar surface area (TPSA) is 55.1 Å². The summed E-state index contributed by atoms with van der Waals surface area (Å²) in [6.45, 7) is 4.35. The number of carbonyl (C=O) groups is 1. The van der Waals surface area contributed by atoms with E-state index in [1.165, 1.54) is 36.1 Å². The molecule has 0 atom stereocenters. The van der Waals surface area contributed by atoms with Crippen molar-refractivity contribution in [1.82, 2.24) is 5.32 Å². The number of thiophene rings is 1. The molecule has 0 unspecified atom stereocenters. The number of carbonyl (C=O) groups excluding carboxylic acids is 1. The first-order valence-corrected chi connectivity index (χ1v) is 7.98. The molecule has 0 spiro atoms. The lowest BCUT2D eigenvalue weighted by Crippen LogP contribution is -2.48. The quantitative estimate of drug-likeness (QED) is 0.894. The number of hydrogen-bond acceptors (Lipinski definition) is 3. The summed E-state index contributed by atoms with van der Waals surface area (Å²) < 4.78 is 0. The van der Waals surface area contributed by atoms with Crippen LogP contribution in [0.5, 0.6) is 0 Å². The summed E-state index contributed by atoms with van der Waals surface area (Å²) in [6, 6.07) is 2.09. The molecule has 4 heteroatoms. The molecule has 1 amide bonds. The molecule has 3 N–H and O–H groups in total. The van der Waals surface area contributed by atoms with Gasteiger partial charge in [0.15, 0.2) is 0 Å². The van der Waals surface area contributed by atoms with Gasteiger partial charge >= 0.3 is 0 Å². The van der Waals surface area contributed by atoms with Crippen molar-refractivity contribution in [2.24, 2.45) is 5.73 Å². The van der Waals surface area contributed by atoms with Crippen molar-refractivity contribution in [2.45, 2.75) is 57.9 Å². The molecule has 0 aliphatic heterocycles. The van der Waals surface area contributed by atoms with Crippen LogP contribution in [-0.2, 0) is 12.8 Å². The highest BCUT2D eigenvalue weighted by molar-refractivity contribution is 7.14. The van der Waals surface area contributed by atoms with Crippen molar-refractivity contribution in [3.63, 3.8) is 0 Å². The lowest BCUT2D eigenvalue weighted by Gasteiger charge is -2.23. The van der Waals surface area contributed by atoms with Gasteiger partial charge in [-0.1, -0.05) is 12.8 Å². The van der Waals surface area contributed by atoms with Crippen LogP contribution in [-0.4, -0.2) is 18.0 Å². The van der Waals surface area contributed by atoms with Gasteiger partial charge in [0, 0.05) is 17.0 Å². The second-order valence-corrected chi connectivity index (χ2v) is 7.15. The summed E-state index contributed by atoms with van der Waals surface area (Å²) in [6.07, 6.45) is 7.39. The lowest BCUT2D eigenvalue weighted by molar-refractivity contribution is 0.0920. The first-order valence-electron chi connectivity index (χ1n) is 7.16. The summed E-state index contributed by atoms with van der Waals surface area (Å²) in [4.78, 5) is 14.5. The van der Waals surface area contributed by atoms with Crippen LogP contribution in [0.15, 0.2) is 6.07 Å². The largest absolute Gasteiger partial charge is 0.345 e. The Labute approximate surface area is 119 Å². The van der Waals surface area contributed by atoms with Gasteiger partial charge in [-0.25, -0.2) is 0 Å². The zero-order valence-electron chi connectivity index (χ0n) is 11.9. The predicted octanol–water partition coefficient (Wildman–Crippen LogP) is 2.87.